The van der Waals surface area contributed by atoms with Crippen LogP contribution in [0.3, 0.4) is 0 Å². The Hall–Kier alpha value is -3.50. The third kappa shape index (κ3) is 4.35. The van der Waals surface area contributed by atoms with Crippen LogP contribution < -0.4 is 9.64 Å². The van der Waals surface area contributed by atoms with Crippen molar-refractivity contribution in [3.05, 3.63) is 59.1 Å². The molecule has 2 saturated heterocycles. The van der Waals surface area contributed by atoms with Gasteiger partial charge in [0, 0.05) is 29.1 Å². The third-order valence-electron chi connectivity index (χ3n) is 8.19. The van der Waals surface area contributed by atoms with Gasteiger partial charge in [0.2, 0.25) is 0 Å². The second-order valence-corrected chi connectivity index (χ2v) is 11.7. The molecule has 3 fully saturated rings. The molecule has 2 bridgehead atoms. The first-order valence-corrected chi connectivity index (χ1v) is 14.2. The van der Waals surface area contributed by atoms with Crippen LogP contribution in [-0.2, 0) is 11.3 Å². The van der Waals surface area contributed by atoms with Crippen LogP contribution in [0, 0.1) is 5.82 Å². The number of para-hydroxylation sites is 1. The van der Waals surface area contributed by atoms with Crippen molar-refractivity contribution >= 4 is 32.7 Å². The summed E-state index contributed by atoms with van der Waals surface area (Å²) >= 11 is 1.36. The highest BCUT2D eigenvalue weighted by Crippen LogP contribution is 2.47. The maximum atomic E-state index is 14.6. The number of carboxylic acids is 1. The Morgan fingerprint density at radius 2 is 1.95 bits per heavy atom. The average molecular weight is 550 g/mol. The van der Waals surface area contributed by atoms with Crippen LogP contribution in [0.1, 0.15) is 66.1 Å². The number of halogens is 1. The maximum absolute atomic E-state index is 14.6. The van der Waals surface area contributed by atoms with Gasteiger partial charge >= 0.3 is 5.97 Å². The predicted molar refractivity (Wildman–Crippen MR) is 144 cm³/mol. The van der Waals surface area contributed by atoms with Gasteiger partial charge in [-0.05, 0) is 62.8 Å². The quantitative estimate of drug-likeness (QED) is 0.270. The van der Waals surface area contributed by atoms with Gasteiger partial charge in [0.05, 0.1) is 30.1 Å². The van der Waals surface area contributed by atoms with Crippen molar-refractivity contribution in [1.29, 1.82) is 0 Å². The lowest BCUT2D eigenvalue weighted by molar-refractivity contribution is 0.0147. The smallest absolute Gasteiger partial charge is 0.335 e. The minimum atomic E-state index is -1.14. The molecule has 3 aliphatic rings. The normalized spacial score (nSPS) is 22.5. The summed E-state index contributed by atoms with van der Waals surface area (Å²) in [6.45, 7) is 0.428. The molecule has 0 radical (unpaired) electrons. The van der Waals surface area contributed by atoms with Gasteiger partial charge < -0.3 is 24.0 Å². The van der Waals surface area contributed by atoms with E-state index < -0.39 is 11.8 Å². The molecule has 2 aromatic heterocycles. The van der Waals surface area contributed by atoms with Crippen LogP contribution >= 0.6 is 11.3 Å². The van der Waals surface area contributed by atoms with E-state index in [1.807, 2.05) is 24.3 Å². The highest BCUT2D eigenvalue weighted by Gasteiger charge is 2.43. The summed E-state index contributed by atoms with van der Waals surface area (Å²) in [7, 11) is 1.66. The number of methoxy groups -OCH3 is 1. The second-order valence-electron chi connectivity index (χ2n) is 10.7. The summed E-state index contributed by atoms with van der Waals surface area (Å²) in [6.07, 6.45) is 6.04. The Labute approximate surface area is 228 Å². The number of hydrogen-bond donors (Lipinski definition) is 1. The predicted octanol–water partition coefficient (Wildman–Crippen LogP) is 6.39. The van der Waals surface area contributed by atoms with Crippen molar-refractivity contribution in [3.8, 4) is 17.0 Å². The van der Waals surface area contributed by atoms with E-state index in [1.54, 1.807) is 7.11 Å². The van der Waals surface area contributed by atoms with Crippen LogP contribution in [0.5, 0.6) is 5.75 Å². The molecule has 39 heavy (non-hydrogen) atoms. The molecule has 4 aromatic rings. The van der Waals surface area contributed by atoms with E-state index in [-0.39, 0.29) is 29.3 Å². The van der Waals surface area contributed by atoms with E-state index >= 15 is 0 Å². The molecule has 8 nitrogen and oxygen atoms in total. The summed E-state index contributed by atoms with van der Waals surface area (Å²) < 4.78 is 33.2. The van der Waals surface area contributed by atoms with Gasteiger partial charge in [-0.15, -0.1) is 0 Å². The fourth-order valence-electron chi connectivity index (χ4n) is 6.17. The number of rotatable bonds is 8. The Morgan fingerprint density at radius 3 is 2.67 bits per heavy atom. The molecule has 1 saturated carbocycles. The van der Waals surface area contributed by atoms with E-state index in [1.165, 1.54) is 17.4 Å². The minimum absolute atomic E-state index is 0.0583. The number of aromatic carboxylic acids is 1. The topological polar surface area (TPSA) is 97.9 Å². The number of anilines is 1. The maximum Gasteiger partial charge on any atom is 0.335 e. The SMILES string of the molecule is COc1ccccc1-c1noc(C2CC2)c1COC1C[C@H]2CC[C@@H](C1)N2c1nc2c(F)cc(C(=O)O)cc2s1. The molecule has 3 atom stereocenters. The van der Waals surface area contributed by atoms with E-state index in [0.717, 1.165) is 78.1 Å². The van der Waals surface area contributed by atoms with Gasteiger partial charge in [-0.1, -0.05) is 28.6 Å². The zero-order valence-corrected chi connectivity index (χ0v) is 22.2. The first-order valence-electron chi connectivity index (χ1n) is 13.3. The van der Waals surface area contributed by atoms with Crippen LogP contribution in [0.4, 0.5) is 9.52 Å². The van der Waals surface area contributed by atoms with Crippen LogP contribution in [0.2, 0.25) is 0 Å². The summed E-state index contributed by atoms with van der Waals surface area (Å²) in [5.74, 6) is 0.343. The first-order chi connectivity index (χ1) is 19.0. The zero-order valence-electron chi connectivity index (χ0n) is 21.4. The van der Waals surface area contributed by atoms with E-state index in [0.29, 0.717) is 17.2 Å². The molecule has 7 rings (SSSR count). The molecule has 1 aliphatic carbocycles. The Bertz CT molecular complexity index is 1550. The number of carboxylic acid groups (broad SMARTS) is 1. The number of hydrogen-bond acceptors (Lipinski definition) is 8. The molecular weight excluding hydrogens is 521 g/mol. The zero-order chi connectivity index (χ0) is 26.7. The van der Waals surface area contributed by atoms with E-state index in [9.17, 15) is 14.3 Å². The molecule has 1 N–H and O–H groups in total. The Balaban J connectivity index is 1.10. The fraction of sp³-hybridized carbons (Fsp3) is 0.414. The van der Waals surface area contributed by atoms with Crippen molar-refractivity contribution in [3.63, 3.8) is 0 Å². The van der Waals surface area contributed by atoms with Gasteiger partial charge in [-0.3, -0.25) is 0 Å². The molecule has 10 heteroatoms. The Morgan fingerprint density at radius 1 is 1.18 bits per heavy atom. The average Bonchev–Trinajstić information content (AvgIpc) is 3.45. The molecule has 1 unspecified atom stereocenters. The monoisotopic (exact) mass is 549 g/mol. The lowest BCUT2D eigenvalue weighted by atomic mass is 10.00. The minimum Gasteiger partial charge on any atom is -0.496 e. The van der Waals surface area contributed by atoms with Crippen molar-refractivity contribution in [2.24, 2.45) is 0 Å². The third-order valence-corrected chi connectivity index (χ3v) is 9.20. The number of fused-ring (bicyclic) bond motifs is 3. The summed E-state index contributed by atoms with van der Waals surface area (Å²) in [6, 6.07) is 10.9. The number of benzene rings is 2. The van der Waals surface area contributed by atoms with Gasteiger partial charge in [0.15, 0.2) is 10.9 Å². The molecule has 0 spiro atoms. The molecule has 0 amide bonds. The number of aromatic nitrogens is 2. The number of ether oxygens (including phenoxy) is 2. The van der Waals surface area contributed by atoms with Crippen molar-refractivity contribution in [2.75, 3.05) is 12.0 Å². The second kappa shape index (κ2) is 9.60. The van der Waals surface area contributed by atoms with Gasteiger partial charge in [0.1, 0.15) is 22.7 Å². The lowest BCUT2D eigenvalue weighted by Crippen LogP contribution is -2.45. The number of nitrogens with zero attached hydrogens (tertiary/aromatic N) is 3. The molecule has 202 valence electrons. The Kier molecular flexibility index (Phi) is 6.04. The van der Waals surface area contributed by atoms with Crippen LogP contribution in [0.25, 0.3) is 21.5 Å². The van der Waals surface area contributed by atoms with Gasteiger partial charge in [-0.2, -0.15) is 0 Å². The molecule has 4 heterocycles. The van der Waals surface area contributed by atoms with E-state index in [4.69, 9.17) is 14.0 Å². The fourth-order valence-corrected chi connectivity index (χ4v) is 7.33. The standard InChI is InChI=1S/C29H28FN3O5S/c1-36-23-5-3-2-4-20(23)25-21(27(38-32-25)15-6-7-15)14-37-19-12-17-8-9-18(13-19)33(17)29-31-26-22(30)10-16(28(34)35)11-24(26)39-29/h2-5,10-11,15,17-19H,6-9,12-14H2,1H3,(H,34,35)/t17-,18+,19?. The number of thiazole rings is 1. The van der Waals surface area contributed by atoms with Crippen molar-refractivity contribution < 1.29 is 28.3 Å². The summed E-state index contributed by atoms with van der Waals surface area (Å²) in [4.78, 5) is 18.3. The van der Waals surface area contributed by atoms with Gasteiger partial charge in [0.25, 0.3) is 0 Å². The molecule has 2 aromatic carbocycles. The summed E-state index contributed by atoms with van der Waals surface area (Å²) in [5, 5.41) is 14.5. The molecular formula is C29H28FN3O5S. The van der Waals surface area contributed by atoms with Gasteiger partial charge in [-0.25, -0.2) is 14.2 Å². The number of piperidine rings is 1. The first kappa shape index (κ1) is 24.5. The highest BCUT2D eigenvalue weighted by molar-refractivity contribution is 7.22. The number of carbonyl (C=O) groups is 1. The highest BCUT2D eigenvalue weighted by atomic mass is 32.1. The lowest BCUT2D eigenvalue weighted by Gasteiger charge is -2.38. The van der Waals surface area contributed by atoms with Crippen molar-refractivity contribution in [2.45, 2.75) is 69.2 Å². The molecule has 2 aliphatic heterocycles. The summed E-state index contributed by atoms with van der Waals surface area (Å²) in [5.41, 5.74) is 2.87. The van der Waals surface area contributed by atoms with Crippen molar-refractivity contribution in [1.82, 2.24) is 10.1 Å². The van der Waals surface area contributed by atoms with Crippen LogP contribution in [0.15, 0.2) is 40.9 Å². The van der Waals surface area contributed by atoms with Crippen LogP contribution in [-0.4, -0.2) is 46.5 Å². The largest absolute Gasteiger partial charge is 0.496 e. The van der Waals surface area contributed by atoms with E-state index in [2.05, 4.69) is 15.0 Å².